The number of amides is 1. The Morgan fingerprint density at radius 1 is 1.32 bits per heavy atom. The van der Waals surface area contributed by atoms with E-state index in [0.717, 1.165) is 14.7 Å². The predicted molar refractivity (Wildman–Crippen MR) is 102 cm³/mol. The van der Waals surface area contributed by atoms with E-state index in [9.17, 15) is 4.79 Å². The van der Waals surface area contributed by atoms with Crippen molar-refractivity contribution < 1.29 is 4.79 Å². The second-order valence-corrected chi connectivity index (χ2v) is 6.77. The van der Waals surface area contributed by atoms with Crippen LogP contribution in [0.1, 0.15) is 21.5 Å². The summed E-state index contributed by atoms with van der Waals surface area (Å²) in [5, 5.41) is 6.08. The van der Waals surface area contributed by atoms with E-state index in [4.69, 9.17) is 23.8 Å². The molecule has 0 spiro atoms. The highest BCUT2D eigenvalue weighted by Crippen LogP contribution is 2.18. The van der Waals surface area contributed by atoms with E-state index in [1.54, 1.807) is 18.3 Å². The Morgan fingerprint density at radius 3 is 2.68 bits per heavy atom. The van der Waals surface area contributed by atoms with Gasteiger partial charge in [-0.25, -0.2) is 4.98 Å². The molecule has 0 unspecified atom stereocenters. The smallest absolute Gasteiger partial charge is 0.258 e. The number of thiocarbonyl (C=S) groups is 1. The zero-order valence-electron chi connectivity index (χ0n) is 11.9. The molecule has 2 rings (SSSR count). The summed E-state index contributed by atoms with van der Waals surface area (Å²) in [6, 6.07) is 7.20. The van der Waals surface area contributed by atoms with Crippen molar-refractivity contribution in [2.75, 3.05) is 5.32 Å². The topological polar surface area (TPSA) is 54.0 Å². The van der Waals surface area contributed by atoms with Crippen LogP contribution in [0.25, 0.3) is 0 Å². The number of nitrogens with zero attached hydrogens (tertiary/aromatic N) is 1. The standard InChI is InChI=1S/C15H13ClIN3OS/c1-8-3-4-11(12(16)5-8)14(21)20-15(22)19-13-9(2)6-10(17)7-18-13/h3-7H,1-2H3,(H2,18,19,20,21,22). The first-order valence-corrected chi connectivity index (χ1v) is 8.24. The number of anilines is 1. The molecule has 0 radical (unpaired) electrons. The zero-order valence-corrected chi connectivity index (χ0v) is 15.6. The maximum atomic E-state index is 12.2. The SMILES string of the molecule is Cc1ccc(C(=O)NC(=S)Nc2ncc(I)cc2C)c(Cl)c1. The van der Waals surface area contributed by atoms with Crippen molar-refractivity contribution in [3.8, 4) is 0 Å². The molecule has 1 aromatic heterocycles. The average molecular weight is 446 g/mol. The highest BCUT2D eigenvalue weighted by atomic mass is 127. The van der Waals surface area contributed by atoms with Crippen molar-refractivity contribution in [1.82, 2.24) is 10.3 Å². The molecule has 1 amide bonds. The van der Waals surface area contributed by atoms with Crippen LogP contribution in [0.3, 0.4) is 0 Å². The molecule has 4 nitrogen and oxygen atoms in total. The van der Waals surface area contributed by atoms with Gasteiger partial charge in [-0.2, -0.15) is 0 Å². The molecule has 0 aliphatic carbocycles. The second-order valence-electron chi connectivity index (χ2n) is 4.71. The average Bonchev–Trinajstić information content (AvgIpc) is 2.41. The second kappa shape index (κ2) is 7.34. The Hall–Kier alpha value is -1.25. The molecule has 2 N–H and O–H groups in total. The molecule has 0 fully saturated rings. The quantitative estimate of drug-likeness (QED) is 0.540. The molecule has 22 heavy (non-hydrogen) atoms. The molecule has 0 atom stereocenters. The van der Waals surface area contributed by atoms with Crippen LogP contribution in [0.5, 0.6) is 0 Å². The van der Waals surface area contributed by atoms with Gasteiger partial charge in [0.2, 0.25) is 0 Å². The number of benzene rings is 1. The number of pyridine rings is 1. The van der Waals surface area contributed by atoms with Crippen molar-refractivity contribution in [2.45, 2.75) is 13.8 Å². The highest BCUT2D eigenvalue weighted by Gasteiger charge is 2.12. The predicted octanol–water partition coefficient (Wildman–Crippen LogP) is 4.08. The van der Waals surface area contributed by atoms with Gasteiger partial charge in [0.1, 0.15) is 5.82 Å². The fourth-order valence-electron chi connectivity index (χ4n) is 1.78. The largest absolute Gasteiger partial charge is 0.317 e. The van der Waals surface area contributed by atoms with Crippen LogP contribution < -0.4 is 10.6 Å². The van der Waals surface area contributed by atoms with Crippen molar-refractivity contribution >= 4 is 63.2 Å². The van der Waals surface area contributed by atoms with Gasteiger partial charge in [-0.3, -0.25) is 10.1 Å². The third-order valence-electron chi connectivity index (χ3n) is 2.87. The van der Waals surface area contributed by atoms with Crippen LogP contribution in [-0.4, -0.2) is 16.0 Å². The number of nitrogens with one attached hydrogen (secondary N) is 2. The third-order valence-corrected chi connectivity index (χ3v) is 3.98. The molecule has 2 aromatic rings. The summed E-state index contributed by atoms with van der Waals surface area (Å²) in [6.07, 6.45) is 1.72. The molecular weight excluding hydrogens is 433 g/mol. The number of carbonyl (C=O) groups excluding carboxylic acids is 1. The van der Waals surface area contributed by atoms with E-state index < -0.39 is 0 Å². The molecular formula is C15H13ClIN3OS. The lowest BCUT2D eigenvalue weighted by atomic mass is 10.1. The zero-order chi connectivity index (χ0) is 16.3. The van der Waals surface area contributed by atoms with Gasteiger partial charge < -0.3 is 5.32 Å². The summed E-state index contributed by atoms with van der Waals surface area (Å²) >= 11 is 13.4. The Morgan fingerprint density at radius 2 is 2.05 bits per heavy atom. The molecule has 0 bridgehead atoms. The number of aromatic nitrogens is 1. The van der Waals surface area contributed by atoms with Crippen molar-refractivity contribution in [2.24, 2.45) is 0 Å². The van der Waals surface area contributed by atoms with Crippen LogP contribution in [0.2, 0.25) is 5.02 Å². The van der Waals surface area contributed by atoms with Gasteiger partial charge in [0.15, 0.2) is 5.11 Å². The summed E-state index contributed by atoms with van der Waals surface area (Å²) in [6.45, 7) is 3.82. The van der Waals surface area contributed by atoms with Crippen molar-refractivity contribution in [3.05, 3.63) is 55.7 Å². The number of hydrogen-bond acceptors (Lipinski definition) is 3. The number of halogens is 2. The highest BCUT2D eigenvalue weighted by molar-refractivity contribution is 14.1. The van der Waals surface area contributed by atoms with E-state index in [-0.39, 0.29) is 11.0 Å². The first-order chi connectivity index (χ1) is 10.4. The third kappa shape index (κ3) is 4.37. The van der Waals surface area contributed by atoms with Gasteiger partial charge in [-0.1, -0.05) is 17.7 Å². The number of aryl methyl sites for hydroxylation is 2. The number of hydrogen-bond donors (Lipinski definition) is 2. The lowest BCUT2D eigenvalue weighted by molar-refractivity contribution is 0.0978. The van der Waals surface area contributed by atoms with Crippen molar-refractivity contribution in [3.63, 3.8) is 0 Å². The Kier molecular flexibility index (Phi) is 5.71. The minimum absolute atomic E-state index is 0.179. The van der Waals surface area contributed by atoms with Gasteiger partial charge in [-0.15, -0.1) is 0 Å². The van der Waals surface area contributed by atoms with Crippen LogP contribution in [0.4, 0.5) is 5.82 Å². The summed E-state index contributed by atoms with van der Waals surface area (Å²) in [7, 11) is 0. The summed E-state index contributed by atoms with van der Waals surface area (Å²) in [4.78, 5) is 16.4. The monoisotopic (exact) mass is 445 g/mol. The van der Waals surface area contributed by atoms with Crippen LogP contribution in [0.15, 0.2) is 30.5 Å². The number of carbonyl (C=O) groups is 1. The molecule has 0 saturated carbocycles. The molecule has 114 valence electrons. The Labute approximate surface area is 152 Å². The van der Waals surface area contributed by atoms with Crippen LogP contribution >= 0.6 is 46.4 Å². The fourth-order valence-corrected chi connectivity index (χ4v) is 2.90. The lowest BCUT2D eigenvalue weighted by Crippen LogP contribution is -2.34. The Balaban J connectivity index is 2.06. The normalized spacial score (nSPS) is 10.2. The van der Waals surface area contributed by atoms with E-state index in [0.29, 0.717) is 16.4 Å². The molecule has 1 aromatic carbocycles. The van der Waals surface area contributed by atoms with E-state index in [2.05, 4.69) is 38.2 Å². The first-order valence-electron chi connectivity index (χ1n) is 6.37. The fraction of sp³-hybridized carbons (Fsp3) is 0.133. The van der Waals surface area contributed by atoms with E-state index in [1.807, 2.05) is 26.0 Å². The minimum Gasteiger partial charge on any atom is -0.317 e. The lowest BCUT2D eigenvalue weighted by Gasteiger charge is -2.11. The maximum Gasteiger partial charge on any atom is 0.258 e. The molecule has 0 aliphatic heterocycles. The van der Waals surface area contributed by atoms with Gasteiger partial charge in [0.05, 0.1) is 10.6 Å². The first kappa shape index (κ1) is 17.1. The van der Waals surface area contributed by atoms with Gasteiger partial charge >= 0.3 is 0 Å². The van der Waals surface area contributed by atoms with Crippen LogP contribution in [-0.2, 0) is 0 Å². The van der Waals surface area contributed by atoms with Gasteiger partial charge in [-0.05, 0) is 78.0 Å². The Bertz CT molecular complexity index is 752. The van der Waals surface area contributed by atoms with Gasteiger partial charge in [0, 0.05) is 9.77 Å². The maximum absolute atomic E-state index is 12.2. The summed E-state index contributed by atoms with van der Waals surface area (Å²) < 4.78 is 1.03. The molecule has 7 heteroatoms. The molecule has 1 heterocycles. The van der Waals surface area contributed by atoms with Gasteiger partial charge in [0.25, 0.3) is 5.91 Å². The van der Waals surface area contributed by atoms with E-state index >= 15 is 0 Å². The van der Waals surface area contributed by atoms with Crippen molar-refractivity contribution in [1.29, 1.82) is 0 Å². The minimum atomic E-state index is -0.356. The molecule has 0 saturated heterocycles. The van der Waals surface area contributed by atoms with E-state index in [1.165, 1.54) is 0 Å². The number of rotatable bonds is 2. The molecule has 0 aliphatic rings. The van der Waals surface area contributed by atoms with Crippen LogP contribution in [0, 0.1) is 17.4 Å². The summed E-state index contributed by atoms with van der Waals surface area (Å²) in [5.41, 5.74) is 2.31. The summed E-state index contributed by atoms with van der Waals surface area (Å²) in [5.74, 6) is 0.256.